The molecule has 3 aromatic rings. The predicted octanol–water partition coefficient (Wildman–Crippen LogP) is 3.79. The minimum atomic E-state index is -0.496. The molecule has 0 fully saturated rings. The molecule has 0 unspecified atom stereocenters. The van der Waals surface area contributed by atoms with Gasteiger partial charge in [-0.15, -0.1) is 0 Å². The fraction of sp³-hybridized carbons (Fsp3) is 0.211. The van der Waals surface area contributed by atoms with Crippen molar-refractivity contribution in [3.63, 3.8) is 0 Å². The molecule has 0 spiro atoms. The van der Waals surface area contributed by atoms with E-state index in [2.05, 4.69) is 10.3 Å². The summed E-state index contributed by atoms with van der Waals surface area (Å²) in [4.78, 5) is 29.7. The summed E-state index contributed by atoms with van der Waals surface area (Å²) in [6, 6.07) is 14.0. The molecule has 134 valence electrons. The summed E-state index contributed by atoms with van der Waals surface area (Å²) in [7, 11) is 0. The Morgan fingerprint density at radius 1 is 1.19 bits per heavy atom. The minimum Gasteiger partial charge on any atom is -0.355 e. The zero-order valence-corrected chi connectivity index (χ0v) is 16.0. The molecule has 0 saturated carbocycles. The molecule has 0 aliphatic heterocycles. The number of aromatic nitrogens is 1. The molecule has 0 radical (unpaired) electrons. The second-order valence-corrected chi connectivity index (χ2v) is 7.11. The van der Waals surface area contributed by atoms with Crippen molar-refractivity contribution in [2.45, 2.75) is 19.9 Å². The normalized spacial score (nSPS) is 13.0. The fourth-order valence-electron chi connectivity index (χ4n) is 2.66. The van der Waals surface area contributed by atoms with Gasteiger partial charge < -0.3 is 9.88 Å². The lowest BCUT2D eigenvalue weighted by molar-refractivity contribution is -0.123. The Balaban J connectivity index is 2.16. The van der Waals surface area contributed by atoms with Gasteiger partial charge >= 0.3 is 0 Å². The molecule has 1 aromatic heterocycles. The molecule has 2 amide bonds. The van der Waals surface area contributed by atoms with E-state index in [4.69, 9.17) is 11.6 Å². The molecule has 7 heteroatoms. The van der Waals surface area contributed by atoms with E-state index < -0.39 is 11.9 Å². The highest BCUT2D eigenvalue weighted by molar-refractivity contribution is 7.16. The second kappa shape index (κ2) is 7.85. The highest BCUT2D eigenvalue weighted by Gasteiger charge is 2.19. The van der Waals surface area contributed by atoms with E-state index in [9.17, 15) is 9.59 Å². The van der Waals surface area contributed by atoms with Gasteiger partial charge in [-0.3, -0.25) is 9.59 Å². The zero-order valence-electron chi connectivity index (χ0n) is 14.4. The van der Waals surface area contributed by atoms with Crippen LogP contribution in [0.3, 0.4) is 0 Å². The second-order valence-electron chi connectivity index (χ2n) is 5.69. The van der Waals surface area contributed by atoms with Gasteiger partial charge in [0.25, 0.3) is 5.91 Å². The van der Waals surface area contributed by atoms with Crippen molar-refractivity contribution in [1.82, 2.24) is 9.88 Å². The van der Waals surface area contributed by atoms with E-state index in [0.29, 0.717) is 21.9 Å². The lowest BCUT2D eigenvalue weighted by atomic mass is 10.2. The molecular formula is C19H18ClN3O2S. The molecule has 0 aliphatic rings. The van der Waals surface area contributed by atoms with Crippen LogP contribution >= 0.6 is 22.9 Å². The number of halogens is 1. The van der Waals surface area contributed by atoms with Gasteiger partial charge in [-0.2, -0.15) is 4.99 Å². The van der Waals surface area contributed by atoms with E-state index in [-0.39, 0.29) is 5.91 Å². The topological polar surface area (TPSA) is 63.5 Å². The van der Waals surface area contributed by atoms with Gasteiger partial charge in [0.2, 0.25) is 5.91 Å². The third kappa shape index (κ3) is 3.57. The maximum atomic E-state index is 12.6. The number of benzene rings is 2. The van der Waals surface area contributed by atoms with E-state index in [0.717, 1.165) is 10.2 Å². The predicted molar refractivity (Wildman–Crippen MR) is 105 cm³/mol. The van der Waals surface area contributed by atoms with Crippen molar-refractivity contribution < 1.29 is 9.59 Å². The van der Waals surface area contributed by atoms with Gasteiger partial charge in [-0.25, -0.2) is 0 Å². The quantitative estimate of drug-likeness (QED) is 0.740. The van der Waals surface area contributed by atoms with E-state index in [1.807, 2.05) is 31.2 Å². The number of carbonyl (C=O) groups excluding carboxylic acids is 2. The average molecular weight is 388 g/mol. The first-order chi connectivity index (χ1) is 12.5. The summed E-state index contributed by atoms with van der Waals surface area (Å²) in [5.41, 5.74) is 1.20. The Labute approximate surface area is 160 Å². The van der Waals surface area contributed by atoms with Crippen molar-refractivity contribution in [3.05, 3.63) is 63.9 Å². The Morgan fingerprint density at radius 3 is 2.62 bits per heavy atom. The maximum Gasteiger partial charge on any atom is 0.281 e. The molecule has 0 bridgehead atoms. The lowest BCUT2D eigenvalue weighted by Crippen LogP contribution is -2.34. The monoisotopic (exact) mass is 387 g/mol. The Hall–Kier alpha value is -2.44. The third-order valence-corrected chi connectivity index (χ3v) is 5.32. The average Bonchev–Trinajstić information content (AvgIpc) is 2.99. The summed E-state index contributed by atoms with van der Waals surface area (Å²) in [5.74, 6) is -0.554. The number of nitrogens with one attached hydrogen (secondary N) is 1. The van der Waals surface area contributed by atoms with Crippen LogP contribution in [0.1, 0.15) is 30.2 Å². The van der Waals surface area contributed by atoms with Gasteiger partial charge in [-0.05, 0) is 38.1 Å². The third-order valence-electron chi connectivity index (χ3n) is 3.95. The van der Waals surface area contributed by atoms with Crippen LogP contribution in [-0.4, -0.2) is 22.9 Å². The standard InChI is InChI=1S/C19H18ClN3O2S/c1-3-21-17(24)12(2)23-15-10-6-7-11-16(15)26-19(23)22-18(25)13-8-4-5-9-14(13)20/h4-12H,3H2,1-2H3,(H,21,24)/t12-/m1/s1. The van der Waals surface area contributed by atoms with Crippen LogP contribution in [-0.2, 0) is 4.79 Å². The Kier molecular flexibility index (Phi) is 5.54. The number of rotatable bonds is 4. The van der Waals surface area contributed by atoms with E-state index in [1.54, 1.807) is 35.8 Å². The number of para-hydroxylation sites is 1. The highest BCUT2D eigenvalue weighted by atomic mass is 35.5. The fourth-order valence-corrected chi connectivity index (χ4v) is 3.98. The summed E-state index contributed by atoms with van der Waals surface area (Å²) < 4.78 is 2.74. The van der Waals surface area contributed by atoms with Gasteiger partial charge in [0, 0.05) is 6.54 Å². The zero-order chi connectivity index (χ0) is 18.7. The molecule has 1 heterocycles. The van der Waals surface area contributed by atoms with Crippen LogP contribution in [0, 0.1) is 0 Å². The van der Waals surface area contributed by atoms with Crippen LogP contribution in [0.4, 0.5) is 0 Å². The number of hydrogen-bond acceptors (Lipinski definition) is 3. The maximum absolute atomic E-state index is 12.6. The number of amides is 2. The Bertz CT molecular complexity index is 1040. The van der Waals surface area contributed by atoms with Crippen LogP contribution in [0.25, 0.3) is 10.2 Å². The smallest absolute Gasteiger partial charge is 0.281 e. The van der Waals surface area contributed by atoms with Crippen molar-refractivity contribution in [1.29, 1.82) is 0 Å². The number of thiazole rings is 1. The van der Waals surface area contributed by atoms with Crippen LogP contribution in [0.5, 0.6) is 0 Å². The summed E-state index contributed by atoms with van der Waals surface area (Å²) in [6.45, 7) is 4.20. The SMILES string of the molecule is CCNC(=O)[C@@H](C)n1c(=NC(=O)c2ccccc2Cl)sc2ccccc21. The minimum absolute atomic E-state index is 0.123. The molecular weight excluding hydrogens is 370 g/mol. The number of carbonyl (C=O) groups is 2. The van der Waals surface area contributed by atoms with Gasteiger partial charge in [0.15, 0.2) is 4.80 Å². The molecule has 1 atom stereocenters. The molecule has 26 heavy (non-hydrogen) atoms. The van der Waals surface area contributed by atoms with Crippen LogP contribution in [0.15, 0.2) is 53.5 Å². The number of hydrogen-bond donors (Lipinski definition) is 1. The number of fused-ring (bicyclic) bond motifs is 1. The van der Waals surface area contributed by atoms with Crippen molar-refractivity contribution in [3.8, 4) is 0 Å². The molecule has 2 aromatic carbocycles. The van der Waals surface area contributed by atoms with E-state index >= 15 is 0 Å². The summed E-state index contributed by atoms with van der Waals surface area (Å²) in [5, 5.41) is 3.17. The van der Waals surface area contributed by atoms with Crippen molar-refractivity contribution in [2.24, 2.45) is 4.99 Å². The summed E-state index contributed by atoms with van der Waals surface area (Å²) in [6.07, 6.45) is 0. The molecule has 5 nitrogen and oxygen atoms in total. The summed E-state index contributed by atoms with van der Waals surface area (Å²) >= 11 is 7.48. The molecule has 1 N–H and O–H groups in total. The van der Waals surface area contributed by atoms with Crippen LogP contribution < -0.4 is 10.1 Å². The van der Waals surface area contributed by atoms with Crippen LogP contribution in [0.2, 0.25) is 5.02 Å². The first-order valence-electron chi connectivity index (χ1n) is 8.24. The first kappa shape index (κ1) is 18.4. The van der Waals surface area contributed by atoms with E-state index in [1.165, 1.54) is 11.3 Å². The molecule has 0 aliphatic carbocycles. The molecule has 0 saturated heterocycles. The van der Waals surface area contributed by atoms with Crippen molar-refractivity contribution >= 4 is 45.0 Å². The molecule has 3 rings (SSSR count). The van der Waals surface area contributed by atoms with Gasteiger partial charge in [-0.1, -0.05) is 47.2 Å². The van der Waals surface area contributed by atoms with Gasteiger partial charge in [0.1, 0.15) is 6.04 Å². The van der Waals surface area contributed by atoms with Crippen molar-refractivity contribution in [2.75, 3.05) is 6.54 Å². The lowest BCUT2D eigenvalue weighted by Gasteiger charge is -2.14. The Morgan fingerprint density at radius 2 is 1.88 bits per heavy atom. The highest BCUT2D eigenvalue weighted by Crippen LogP contribution is 2.21. The largest absolute Gasteiger partial charge is 0.355 e. The van der Waals surface area contributed by atoms with Gasteiger partial charge in [0.05, 0.1) is 20.8 Å². The number of nitrogens with zero attached hydrogens (tertiary/aromatic N) is 2. The first-order valence-corrected chi connectivity index (χ1v) is 9.43. The number of likely N-dealkylation sites (N-methyl/N-ethyl adjacent to an activating group) is 1.